The summed E-state index contributed by atoms with van der Waals surface area (Å²) < 4.78 is 14.7. The number of nitrogens with zero attached hydrogens (tertiary/aromatic N) is 4. The van der Waals surface area contributed by atoms with Gasteiger partial charge >= 0.3 is 0 Å². The highest BCUT2D eigenvalue weighted by Crippen LogP contribution is 2.26. The molecule has 0 aliphatic carbocycles. The van der Waals surface area contributed by atoms with Crippen LogP contribution in [0.1, 0.15) is 11.3 Å². The highest BCUT2D eigenvalue weighted by molar-refractivity contribution is 5.67. The van der Waals surface area contributed by atoms with Gasteiger partial charge in [0.15, 0.2) is 5.69 Å². The summed E-state index contributed by atoms with van der Waals surface area (Å²) in [5.41, 5.74) is 3.32. The number of hydrogen-bond acceptors (Lipinski definition) is 3. The van der Waals surface area contributed by atoms with Crippen LogP contribution in [0.3, 0.4) is 0 Å². The molecule has 4 nitrogen and oxygen atoms in total. The maximum absolute atomic E-state index is 13.1. The van der Waals surface area contributed by atoms with Crippen molar-refractivity contribution in [1.82, 2.24) is 15.0 Å². The summed E-state index contributed by atoms with van der Waals surface area (Å²) in [6.07, 6.45) is 0. The van der Waals surface area contributed by atoms with Gasteiger partial charge in [0.2, 0.25) is 0 Å². The molecule has 5 heteroatoms. The van der Waals surface area contributed by atoms with Gasteiger partial charge in [-0.1, -0.05) is 23.4 Å². The Balaban J connectivity index is 2.25. The van der Waals surface area contributed by atoms with Crippen LogP contribution < -0.4 is 0 Å². The van der Waals surface area contributed by atoms with Crippen LogP contribution in [-0.2, 0) is 0 Å². The monoisotopic (exact) mass is 278 g/mol. The Labute approximate surface area is 121 Å². The first-order valence-corrected chi connectivity index (χ1v) is 6.38. The van der Waals surface area contributed by atoms with E-state index in [-0.39, 0.29) is 11.5 Å². The second-order valence-corrected chi connectivity index (χ2v) is 4.60. The lowest BCUT2D eigenvalue weighted by Gasteiger charge is -2.09. The van der Waals surface area contributed by atoms with Gasteiger partial charge < -0.3 is 0 Å². The van der Waals surface area contributed by atoms with Crippen LogP contribution in [0.15, 0.2) is 48.5 Å². The molecule has 0 saturated heterocycles. The maximum Gasteiger partial charge on any atom is 0.191 e. The quantitative estimate of drug-likeness (QED) is 0.723. The summed E-state index contributed by atoms with van der Waals surface area (Å²) in [7, 11) is 0. The molecule has 21 heavy (non-hydrogen) atoms. The molecule has 102 valence electrons. The van der Waals surface area contributed by atoms with Crippen molar-refractivity contribution in [2.24, 2.45) is 0 Å². The van der Waals surface area contributed by atoms with E-state index in [9.17, 15) is 9.65 Å². The van der Waals surface area contributed by atoms with Crippen molar-refractivity contribution in [2.45, 2.75) is 6.92 Å². The van der Waals surface area contributed by atoms with Crippen molar-refractivity contribution in [1.29, 1.82) is 5.26 Å². The first kappa shape index (κ1) is 13.0. The zero-order chi connectivity index (χ0) is 14.8. The third-order valence-corrected chi connectivity index (χ3v) is 3.24. The highest BCUT2D eigenvalue weighted by Gasteiger charge is 2.17. The van der Waals surface area contributed by atoms with Crippen LogP contribution in [-0.4, -0.2) is 15.0 Å². The molecule has 1 aromatic heterocycles. The number of nitriles is 1. The van der Waals surface area contributed by atoms with Gasteiger partial charge in [-0.05, 0) is 42.8 Å². The Morgan fingerprint density at radius 1 is 1.10 bits per heavy atom. The Bertz CT molecular complexity index is 828. The van der Waals surface area contributed by atoms with Gasteiger partial charge in [-0.2, -0.15) is 5.26 Å². The second kappa shape index (κ2) is 5.17. The molecule has 2 aromatic carbocycles. The normalized spacial score (nSPS) is 10.3. The number of aromatic nitrogens is 3. The molecule has 0 bridgehead atoms. The van der Waals surface area contributed by atoms with Gasteiger partial charge in [0.1, 0.15) is 17.6 Å². The molecule has 0 unspecified atom stereocenters. The Morgan fingerprint density at radius 2 is 1.81 bits per heavy atom. The molecular weight excluding hydrogens is 267 g/mol. The molecule has 3 rings (SSSR count). The van der Waals surface area contributed by atoms with Crippen molar-refractivity contribution in [3.05, 3.63) is 65.6 Å². The fourth-order valence-corrected chi connectivity index (χ4v) is 2.19. The molecule has 0 fully saturated rings. The minimum absolute atomic E-state index is 0.213. The van der Waals surface area contributed by atoms with Crippen LogP contribution >= 0.6 is 0 Å². The van der Waals surface area contributed by atoms with Crippen molar-refractivity contribution in [2.75, 3.05) is 0 Å². The van der Waals surface area contributed by atoms with E-state index in [2.05, 4.69) is 10.3 Å². The fourth-order valence-electron chi connectivity index (χ4n) is 2.19. The smallest absolute Gasteiger partial charge is 0.191 e. The minimum atomic E-state index is -0.327. The minimum Gasteiger partial charge on any atom is -0.211 e. The Morgan fingerprint density at radius 3 is 2.48 bits per heavy atom. The zero-order valence-electron chi connectivity index (χ0n) is 11.3. The molecule has 0 aliphatic heterocycles. The lowest BCUT2D eigenvalue weighted by molar-refractivity contribution is 0.628. The summed E-state index contributed by atoms with van der Waals surface area (Å²) in [6, 6.07) is 15.6. The number of benzene rings is 2. The van der Waals surface area contributed by atoms with Crippen molar-refractivity contribution in [3.8, 4) is 23.0 Å². The second-order valence-electron chi connectivity index (χ2n) is 4.60. The summed E-state index contributed by atoms with van der Waals surface area (Å²) in [4.78, 5) is 0. The van der Waals surface area contributed by atoms with Gasteiger partial charge in [-0.15, -0.1) is 5.10 Å². The molecule has 0 radical (unpaired) electrons. The molecule has 3 aromatic rings. The summed E-state index contributed by atoms with van der Waals surface area (Å²) in [5, 5.41) is 17.2. The topological polar surface area (TPSA) is 54.5 Å². The average Bonchev–Trinajstić information content (AvgIpc) is 2.92. The van der Waals surface area contributed by atoms with E-state index in [1.54, 1.807) is 16.8 Å². The van der Waals surface area contributed by atoms with E-state index >= 15 is 0 Å². The predicted molar refractivity (Wildman–Crippen MR) is 76.2 cm³/mol. The Kier molecular flexibility index (Phi) is 3.20. The largest absolute Gasteiger partial charge is 0.211 e. The summed E-state index contributed by atoms with van der Waals surface area (Å²) >= 11 is 0. The van der Waals surface area contributed by atoms with Gasteiger partial charge in [0.25, 0.3) is 0 Å². The molecule has 1 heterocycles. The molecule has 0 saturated carbocycles. The van der Waals surface area contributed by atoms with Crippen LogP contribution in [0.5, 0.6) is 0 Å². The number of halogens is 1. The van der Waals surface area contributed by atoms with Crippen LogP contribution in [0, 0.1) is 24.1 Å². The van der Waals surface area contributed by atoms with Gasteiger partial charge in [0.05, 0.1) is 5.69 Å². The van der Waals surface area contributed by atoms with Crippen molar-refractivity contribution < 1.29 is 4.39 Å². The van der Waals surface area contributed by atoms with Crippen LogP contribution in [0.2, 0.25) is 0 Å². The molecule has 0 spiro atoms. The van der Waals surface area contributed by atoms with Gasteiger partial charge in [0, 0.05) is 5.56 Å². The third kappa shape index (κ3) is 2.28. The van der Waals surface area contributed by atoms with E-state index in [0.29, 0.717) is 11.3 Å². The summed E-state index contributed by atoms with van der Waals surface area (Å²) in [5.74, 6) is -0.327. The number of hydrogen-bond donors (Lipinski definition) is 0. The van der Waals surface area contributed by atoms with Crippen LogP contribution in [0.4, 0.5) is 4.39 Å². The highest BCUT2D eigenvalue weighted by atomic mass is 19.1. The van der Waals surface area contributed by atoms with Crippen molar-refractivity contribution in [3.63, 3.8) is 0 Å². The van der Waals surface area contributed by atoms with E-state index in [1.165, 1.54) is 12.1 Å². The molecule has 0 amide bonds. The van der Waals surface area contributed by atoms with Gasteiger partial charge in [-0.25, -0.2) is 9.07 Å². The maximum atomic E-state index is 13.1. The van der Waals surface area contributed by atoms with Crippen LogP contribution in [0.25, 0.3) is 16.9 Å². The van der Waals surface area contributed by atoms with E-state index in [0.717, 1.165) is 11.3 Å². The molecule has 0 aliphatic rings. The Hall–Kier alpha value is -3.00. The van der Waals surface area contributed by atoms with Gasteiger partial charge in [-0.3, -0.25) is 0 Å². The van der Waals surface area contributed by atoms with E-state index in [1.807, 2.05) is 37.3 Å². The first-order valence-electron chi connectivity index (χ1n) is 6.38. The summed E-state index contributed by atoms with van der Waals surface area (Å²) in [6.45, 7) is 1.96. The number of rotatable bonds is 2. The van der Waals surface area contributed by atoms with E-state index < -0.39 is 0 Å². The number of para-hydroxylation sites is 1. The lowest BCUT2D eigenvalue weighted by atomic mass is 10.1. The molecule has 0 atom stereocenters. The molecular formula is C16H11FN4. The number of aryl methyl sites for hydroxylation is 1. The van der Waals surface area contributed by atoms with Crippen molar-refractivity contribution >= 4 is 0 Å². The SMILES string of the molecule is Cc1ccccc1-n1nnc(C#N)c1-c1ccc(F)cc1. The van der Waals surface area contributed by atoms with E-state index in [4.69, 9.17) is 0 Å². The fraction of sp³-hybridized carbons (Fsp3) is 0.0625. The lowest BCUT2D eigenvalue weighted by Crippen LogP contribution is -2.01. The standard InChI is InChI=1S/C16H11FN4/c1-11-4-2-3-5-15(11)21-16(14(10-18)19-20-21)12-6-8-13(17)9-7-12/h2-9H,1H3. The average molecular weight is 278 g/mol. The molecule has 0 N–H and O–H groups in total. The third-order valence-electron chi connectivity index (χ3n) is 3.24. The predicted octanol–water partition coefficient (Wildman–Crippen LogP) is 3.25. The first-order chi connectivity index (χ1) is 10.2. The zero-order valence-corrected chi connectivity index (χ0v) is 11.3.